The molecule has 2 aromatic carbocycles. The zero-order valence-corrected chi connectivity index (χ0v) is 17.9. The zero-order chi connectivity index (χ0) is 23.7. The van der Waals surface area contributed by atoms with E-state index in [9.17, 15) is 24.8 Å². The molecule has 1 N–H and O–H groups in total. The topological polar surface area (TPSA) is 123 Å². The van der Waals surface area contributed by atoms with Crippen molar-refractivity contribution in [3.05, 3.63) is 98.7 Å². The first-order valence-electron chi connectivity index (χ1n) is 9.63. The van der Waals surface area contributed by atoms with Crippen molar-refractivity contribution >= 4 is 40.6 Å². The minimum atomic E-state index is -1.15. The molecule has 1 aliphatic rings. The van der Waals surface area contributed by atoms with Crippen molar-refractivity contribution in [1.29, 1.82) is 0 Å². The molecule has 1 atom stereocenters. The predicted octanol–water partition coefficient (Wildman–Crippen LogP) is 4.28. The van der Waals surface area contributed by atoms with Crippen molar-refractivity contribution in [2.24, 2.45) is 0 Å². The van der Waals surface area contributed by atoms with E-state index in [-0.39, 0.29) is 33.2 Å². The second kappa shape index (κ2) is 8.71. The summed E-state index contributed by atoms with van der Waals surface area (Å²) in [7, 11) is 1.43. The number of carbonyl (C=O) groups excluding carboxylic acids is 2. The van der Waals surface area contributed by atoms with Crippen LogP contribution in [0.25, 0.3) is 5.76 Å². The first-order valence-corrected chi connectivity index (χ1v) is 10.0. The fraction of sp³-hybridized carbons (Fsp3) is 0.0870. The van der Waals surface area contributed by atoms with E-state index in [1.54, 1.807) is 12.1 Å². The van der Waals surface area contributed by atoms with E-state index < -0.39 is 28.4 Å². The number of nitro benzene ring substituents is 1. The number of halogens is 1. The number of rotatable bonds is 5. The quantitative estimate of drug-likeness (QED) is 0.196. The monoisotopic (exact) mass is 465 g/mol. The number of aliphatic hydroxyl groups excluding tert-OH is 1. The number of pyridine rings is 1. The Balaban J connectivity index is 1.96. The van der Waals surface area contributed by atoms with Gasteiger partial charge in [0.2, 0.25) is 0 Å². The van der Waals surface area contributed by atoms with Crippen molar-refractivity contribution in [2.45, 2.75) is 6.04 Å². The summed E-state index contributed by atoms with van der Waals surface area (Å²) in [6, 6.07) is 13.6. The van der Waals surface area contributed by atoms with E-state index in [0.717, 1.165) is 4.90 Å². The summed E-state index contributed by atoms with van der Waals surface area (Å²) in [6.45, 7) is 0. The summed E-state index contributed by atoms with van der Waals surface area (Å²) >= 11 is 6.17. The fourth-order valence-corrected chi connectivity index (χ4v) is 3.92. The lowest BCUT2D eigenvalue weighted by atomic mass is 9.95. The smallest absolute Gasteiger partial charge is 0.301 e. The molecule has 0 aliphatic carbocycles. The molecule has 33 heavy (non-hydrogen) atoms. The minimum Gasteiger partial charge on any atom is -0.507 e. The van der Waals surface area contributed by atoms with Gasteiger partial charge in [0.1, 0.15) is 17.3 Å². The number of methoxy groups -OCH3 is 1. The molecule has 0 spiro atoms. The number of hydrogen-bond donors (Lipinski definition) is 1. The number of anilines is 1. The standard InChI is InChI=1S/C23H16ClN3O6/c1-33-17-9-8-14(12-16(17)24)21(28)19-20(13-5-4-6-15(11-13)27(31)32)26(23(30)22(19)29)18-7-2-3-10-25-18/h2-12,20,28H,1H3/b21-19+. The van der Waals surface area contributed by atoms with Crippen molar-refractivity contribution in [2.75, 3.05) is 12.0 Å². The van der Waals surface area contributed by atoms with Crippen molar-refractivity contribution in [3.63, 3.8) is 0 Å². The second-order valence-corrected chi connectivity index (χ2v) is 7.47. The van der Waals surface area contributed by atoms with Crippen LogP contribution in [0.2, 0.25) is 5.02 Å². The third-order valence-electron chi connectivity index (χ3n) is 5.16. The van der Waals surface area contributed by atoms with Crippen LogP contribution in [-0.4, -0.2) is 33.8 Å². The van der Waals surface area contributed by atoms with Crippen molar-refractivity contribution in [3.8, 4) is 5.75 Å². The van der Waals surface area contributed by atoms with E-state index in [1.165, 1.54) is 61.8 Å². The molecule has 2 heterocycles. The van der Waals surface area contributed by atoms with E-state index in [1.807, 2.05) is 0 Å². The minimum absolute atomic E-state index is 0.155. The summed E-state index contributed by atoms with van der Waals surface area (Å²) in [5, 5.41) is 22.6. The summed E-state index contributed by atoms with van der Waals surface area (Å²) in [5.74, 6) is -1.85. The van der Waals surface area contributed by atoms with Gasteiger partial charge < -0.3 is 9.84 Å². The lowest BCUT2D eigenvalue weighted by Gasteiger charge is -2.24. The second-order valence-electron chi connectivity index (χ2n) is 7.06. The molecule has 0 radical (unpaired) electrons. The molecular formula is C23H16ClN3O6. The summed E-state index contributed by atoms with van der Waals surface area (Å²) in [6.07, 6.45) is 1.45. The number of Topliss-reactive ketones (excluding diaryl/α,β-unsaturated/α-hetero) is 1. The SMILES string of the molecule is COc1ccc(/C(O)=C2\C(=O)C(=O)N(c3ccccn3)C2c2cccc([N+](=O)[O-])c2)cc1Cl. The van der Waals surface area contributed by atoms with Gasteiger partial charge in [-0.2, -0.15) is 0 Å². The summed E-state index contributed by atoms with van der Waals surface area (Å²) < 4.78 is 5.11. The number of aromatic nitrogens is 1. The van der Waals surface area contributed by atoms with Crippen LogP contribution in [0.1, 0.15) is 17.2 Å². The van der Waals surface area contributed by atoms with E-state index in [2.05, 4.69) is 4.98 Å². The molecule has 1 saturated heterocycles. The number of nitro groups is 1. The van der Waals surface area contributed by atoms with Crippen LogP contribution in [0.15, 0.2) is 72.4 Å². The lowest BCUT2D eigenvalue weighted by molar-refractivity contribution is -0.384. The molecule has 0 saturated carbocycles. The van der Waals surface area contributed by atoms with Gasteiger partial charge in [-0.25, -0.2) is 4.98 Å². The highest BCUT2D eigenvalue weighted by molar-refractivity contribution is 6.51. The maximum absolute atomic E-state index is 13.1. The Morgan fingerprint density at radius 3 is 2.58 bits per heavy atom. The van der Waals surface area contributed by atoms with Gasteiger partial charge in [0, 0.05) is 23.9 Å². The van der Waals surface area contributed by atoms with Crippen LogP contribution in [0.5, 0.6) is 5.75 Å². The van der Waals surface area contributed by atoms with Gasteiger partial charge in [0.15, 0.2) is 0 Å². The molecule has 1 unspecified atom stereocenters. The van der Waals surface area contributed by atoms with Gasteiger partial charge in [-0.15, -0.1) is 0 Å². The predicted molar refractivity (Wildman–Crippen MR) is 120 cm³/mol. The molecule has 4 rings (SSSR count). The number of hydrogen-bond acceptors (Lipinski definition) is 7. The number of non-ortho nitro benzene ring substituents is 1. The molecule has 0 bridgehead atoms. The number of aliphatic hydroxyl groups is 1. The number of benzene rings is 2. The third kappa shape index (κ3) is 3.90. The maximum atomic E-state index is 13.1. The van der Waals surface area contributed by atoms with E-state index in [4.69, 9.17) is 16.3 Å². The first-order chi connectivity index (χ1) is 15.8. The van der Waals surface area contributed by atoms with Crippen LogP contribution in [0, 0.1) is 10.1 Å². The summed E-state index contributed by atoms with van der Waals surface area (Å²) in [5.41, 5.74) is -0.0375. The number of ketones is 1. The van der Waals surface area contributed by atoms with Crippen LogP contribution in [0.3, 0.4) is 0 Å². The Labute approximate surface area is 192 Å². The largest absolute Gasteiger partial charge is 0.507 e. The highest BCUT2D eigenvalue weighted by Crippen LogP contribution is 2.42. The Morgan fingerprint density at radius 1 is 1.15 bits per heavy atom. The third-order valence-corrected chi connectivity index (χ3v) is 5.46. The molecule has 166 valence electrons. The van der Waals surface area contributed by atoms with Gasteiger partial charge in [0.05, 0.1) is 28.7 Å². The van der Waals surface area contributed by atoms with Crippen LogP contribution in [-0.2, 0) is 9.59 Å². The van der Waals surface area contributed by atoms with Crippen molar-refractivity contribution < 1.29 is 24.4 Å². The van der Waals surface area contributed by atoms with Gasteiger partial charge >= 0.3 is 5.91 Å². The molecule has 3 aromatic rings. The molecule has 1 fully saturated rings. The van der Waals surface area contributed by atoms with Gasteiger partial charge in [0.25, 0.3) is 11.5 Å². The normalized spacial score (nSPS) is 17.3. The number of amides is 1. The molecule has 1 aromatic heterocycles. The lowest BCUT2D eigenvalue weighted by Crippen LogP contribution is -2.30. The molecule has 9 nitrogen and oxygen atoms in total. The highest BCUT2D eigenvalue weighted by atomic mass is 35.5. The Bertz CT molecular complexity index is 1310. The average molecular weight is 466 g/mol. The Morgan fingerprint density at radius 2 is 1.94 bits per heavy atom. The zero-order valence-electron chi connectivity index (χ0n) is 17.1. The number of carbonyl (C=O) groups is 2. The first kappa shape index (κ1) is 22.0. The molecule has 1 amide bonds. The van der Waals surface area contributed by atoms with Gasteiger partial charge in [-0.3, -0.25) is 24.6 Å². The Kier molecular flexibility index (Phi) is 5.80. The van der Waals surface area contributed by atoms with Crippen LogP contribution < -0.4 is 9.64 Å². The maximum Gasteiger partial charge on any atom is 0.301 e. The number of nitrogens with zero attached hydrogens (tertiary/aromatic N) is 3. The number of ether oxygens (including phenoxy) is 1. The van der Waals surface area contributed by atoms with Gasteiger partial charge in [-0.05, 0) is 35.9 Å². The van der Waals surface area contributed by atoms with Crippen molar-refractivity contribution in [1.82, 2.24) is 4.98 Å². The van der Waals surface area contributed by atoms with Crippen LogP contribution in [0.4, 0.5) is 11.5 Å². The molecule has 1 aliphatic heterocycles. The fourth-order valence-electron chi connectivity index (χ4n) is 3.66. The van der Waals surface area contributed by atoms with Gasteiger partial charge in [-0.1, -0.05) is 29.8 Å². The molecule has 10 heteroatoms. The van der Waals surface area contributed by atoms with Crippen LogP contribution >= 0.6 is 11.6 Å². The average Bonchev–Trinajstić information content (AvgIpc) is 3.09. The van der Waals surface area contributed by atoms with E-state index >= 15 is 0 Å². The Hall–Kier alpha value is -4.24. The highest BCUT2D eigenvalue weighted by Gasteiger charge is 2.47. The molecular weight excluding hydrogens is 450 g/mol. The summed E-state index contributed by atoms with van der Waals surface area (Å²) in [4.78, 5) is 42.1. The van der Waals surface area contributed by atoms with E-state index in [0.29, 0.717) is 5.75 Å².